The van der Waals surface area contributed by atoms with Crippen LogP contribution >= 0.6 is 11.3 Å². The first kappa shape index (κ1) is 13.9. The molecule has 0 aliphatic carbocycles. The zero-order valence-corrected chi connectivity index (χ0v) is 11.3. The fraction of sp³-hybridized carbons (Fsp3) is 0.167. The van der Waals surface area contributed by atoms with Crippen LogP contribution in [0.1, 0.15) is 20.2 Å². The van der Waals surface area contributed by atoms with Gasteiger partial charge in [-0.05, 0) is 19.1 Å². The number of anilines is 1. The van der Waals surface area contributed by atoms with Crippen molar-refractivity contribution < 1.29 is 14.8 Å². The zero-order chi connectivity index (χ0) is 14.7. The van der Waals surface area contributed by atoms with Gasteiger partial charge < -0.3 is 10.4 Å². The van der Waals surface area contributed by atoms with E-state index in [4.69, 9.17) is 5.11 Å². The van der Waals surface area contributed by atoms with Gasteiger partial charge >= 0.3 is 5.97 Å². The number of rotatable bonds is 5. The lowest BCUT2D eigenvalue weighted by molar-refractivity contribution is -0.384. The fourth-order valence-corrected chi connectivity index (χ4v) is 2.37. The molecule has 0 bridgehead atoms. The number of carbonyl (C=O) groups is 1. The lowest BCUT2D eigenvalue weighted by Crippen LogP contribution is -2.04. The molecule has 0 spiro atoms. The monoisotopic (exact) mass is 293 g/mol. The highest BCUT2D eigenvalue weighted by Gasteiger charge is 2.16. The predicted molar refractivity (Wildman–Crippen MR) is 74.2 cm³/mol. The highest BCUT2D eigenvalue weighted by molar-refractivity contribution is 7.11. The first-order valence-electron chi connectivity index (χ1n) is 5.64. The molecule has 2 N–H and O–H groups in total. The van der Waals surface area contributed by atoms with Gasteiger partial charge in [0.25, 0.3) is 5.69 Å². The average molecular weight is 293 g/mol. The van der Waals surface area contributed by atoms with Crippen molar-refractivity contribution in [1.29, 1.82) is 0 Å². The number of aryl methyl sites for hydroxylation is 1. The SMILES string of the molecule is Cc1ncc(CNc2cc(C(=O)O)ccc2[N+](=O)[O-])s1. The topological polar surface area (TPSA) is 105 Å². The molecule has 1 aromatic carbocycles. The van der Waals surface area contributed by atoms with Gasteiger partial charge in [0, 0.05) is 17.1 Å². The van der Waals surface area contributed by atoms with E-state index < -0.39 is 10.9 Å². The van der Waals surface area contributed by atoms with Crippen molar-refractivity contribution in [3.8, 4) is 0 Å². The maximum absolute atomic E-state index is 10.9. The van der Waals surface area contributed by atoms with Gasteiger partial charge in [-0.25, -0.2) is 9.78 Å². The molecule has 0 unspecified atom stereocenters. The molecule has 1 aromatic heterocycles. The van der Waals surface area contributed by atoms with E-state index in [1.807, 2.05) is 6.92 Å². The molecule has 0 aliphatic rings. The maximum Gasteiger partial charge on any atom is 0.335 e. The number of nitro benzene ring substituents is 1. The first-order chi connectivity index (χ1) is 9.47. The van der Waals surface area contributed by atoms with E-state index in [1.54, 1.807) is 6.20 Å². The summed E-state index contributed by atoms with van der Waals surface area (Å²) in [6.07, 6.45) is 1.68. The van der Waals surface area contributed by atoms with Crippen LogP contribution < -0.4 is 5.32 Å². The van der Waals surface area contributed by atoms with Crippen molar-refractivity contribution in [2.24, 2.45) is 0 Å². The molecule has 0 saturated heterocycles. The molecule has 0 saturated carbocycles. The Morgan fingerprint density at radius 3 is 2.85 bits per heavy atom. The van der Waals surface area contributed by atoms with E-state index >= 15 is 0 Å². The highest BCUT2D eigenvalue weighted by Crippen LogP contribution is 2.26. The summed E-state index contributed by atoms with van der Waals surface area (Å²) >= 11 is 1.47. The lowest BCUT2D eigenvalue weighted by Gasteiger charge is -2.06. The summed E-state index contributed by atoms with van der Waals surface area (Å²) in [6.45, 7) is 2.22. The second-order valence-corrected chi connectivity index (χ2v) is 5.31. The van der Waals surface area contributed by atoms with Crippen LogP contribution in [0.4, 0.5) is 11.4 Å². The maximum atomic E-state index is 10.9. The van der Waals surface area contributed by atoms with E-state index in [2.05, 4.69) is 10.3 Å². The summed E-state index contributed by atoms with van der Waals surface area (Å²) in [5.74, 6) is -1.13. The number of benzene rings is 1. The molecule has 0 radical (unpaired) electrons. The normalized spacial score (nSPS) is 10.2. The number of nitrogens with one attached hydrogen (secondary N) is 1. The number of hydrogen-bond acceptors (Lipinski definition) is 6. The number of hydrogen-bond donors (Lipinski definition) is 2. The van der Waals surface area contributed by atoms with Crippen molar-refractivity contribution in [1.82, 2.24) is 4.98 Å². The largest absolute Gasteiger partial charge is 0.478 e. The summed E-state index contributed by atoms with van der Waals surface area (Å²) in [5, 5.41) is 23.6. The van der Waals surface area contributed by atoms with Crippen LogP contribution in [-0.2, 0) is 6.54 Å². The van der Waals surface area contributed by atoms with Crippen LogP contribution in [-0.4, -0.2) is 21.0 Å². The van der Waals surface area contributed by atoms with Crippen molar-refractivity contribution in [3.05, 3.63) is 50.0 Å². The molecule has 0 aliphatic heterocycles. The van der Waals surface area contributed by atoms with Crippen LogP contribution in [0.2, 0.25) is 0 Å². The minimum Gasteiger partial charge on any atom is -0.478 e. The van der Waals surface area contributed by atoms with E-state index in [-0.39, 0.29) is 16.9 Å². The molecule has 0 amide bonds. The Morgan fingerprint density at radius 1 is 1.55 bits per heavy atom. The minimum absolute atomic E-state index is 0.00131. The van der Waals surface area contributed by atoms with Gasteiger partial charge in [0.1, 0.15) is 5.69 Å². The quantitative estimate of drug-likeness (QED) is 0.648. The summed E-state index contributed by atoms with van der Waals surface area (Å²) in [5.41, 5.74) is 0.0239. The van der Waals surface area contributed by atoms with Crippen LogP contribution in [0.3, 0.4) is 0 Å². The van der Waals surface area contributed by atoms with Crippen LogP contribution in [0.25, 0.3) is 0 Å². The van der Waals surface area contributed by atoms with Crippen molar-refractivity contribution in [2.45, 2.75) is 13.5 Å². The fourth-order valence-electron chi connectivity index (χ4n) is 1.64. The first-order valence-corrected chi connectivity index (χ1v) is 6.46. The Kier molecular flexibility index (Phi) is 3.94. The molecule has 20 heavy (non-hydrogen) atoms. The Morgan fingerprint density at radius 2 is 2.30 bits per heavy atom. The van der Waals surface area contributed by atoms with Gasteiger partial charge in [0.2, 0.25) is 0 Å². The molecule has 7 nitrogen and oxygen atoms in total. The van der Waals surface area contributed by atoms with E-state index in [9.17, 15) is 14.9 Å². The van der Waals surface area contributed by atoms with Gasteiger partial charge in [-0.1, -0.05) is 0 Å². The van der Waals surface area contributed by atoms with E-state index in [0.29, 0.717) is 6.54 Å². The molecule has 0 fully saturated rings. The van der Waals surface area contributed by atoms with Gasteiger partial charge in [0.15, 0.2) is 0 Å². The Balaban J connectivity index is 2.25. The number of nitro groups is 1. The predicted octanol–water partition coefficient (Wildman–Crippen LogP) is 2.67. The van der Waals surface area contributed by atoms with Crippen LogP contribution in [0, 0.1) is 17.0 Å². The molecule has 1 heterocycles. The zero-order valence-electron chi connectivity index (χ0n) is 10.5. The number of carboxylic acids is 1. The summed E-state index contributed by atoms with van der Waals surface area (Å²) in [6, 6.07) is 3.65. The Bertz CT molecular complexity index is 668. The third-order valence-electron chi connectivity index (χ3n) is 2.56. The summed E-state index contributed by atoms with van der Waals surface area (Å²) in [7, 11) is 0. The molecule has 2 rings (SSSR count). The third kappa shape index (κ3) is 3.09. The number of nitrogens with zero attached hydrogens (tertiary/aromatic N) is 2. The molecule has 2 aromatic rings. The third-order valence-corrected chi connectivity index (χ3v) is 3.48. The van der Waals surface area contributed by atoms with Crippen molar-refractivity contribution in [3.63, 3.8) is 0 Å². The number of thiazole rings is 1. The number of aromatic nitrogens is 1. The number of carboxylic acid groups (broad SMARTS) is 1. The molecular formula is C12H11N3O4S. The smallest absolute Gasteiger partial charge is 0.335 e. The molecular weight excluding hydrogens is 282 g/mol. The Hall–Kier alpha value is -2.48. The van der Waals surface area contributed by atoms with Gasteiger partial charge in [0.05, 0.1) is 22.0 Å². The van der Waals surface area contributed by atoms with Crippen molar-refractivity contribution in [2.75, 3.05) is 5.32 Å². The number of aromatic carboxylic acids is 1. The summed E-state index contributed by atoms with van der Waals surface area (Å²) < 4.78 is 0. The second-order valence-electron chi connectivity index (χ2n) is 3.99. The van der Waals surface area contributed by atoms with Crippen LogP contribution in [0.15, 0.2) is 24.4 Å². The second kappa shape index (κ2) is 5.66. The standard InChI is InChI=1S/C12H11N3O4S/c1-7-13-5-9(20-7)6-14-10-4-8(12(16)17)2-3-11(10)15(18)19/h2-5,14H,6H2,1H3,(H,16,17). The average Bonchev–Trinajstić information content (AvgIpc) is 2.81. The Labute approximate surface area is 118 Å². The van der Waals surface area contributed by atoms with Gasteiger partial charge in [-0.3, -0.25) is 10.1 Å². The van der Waals surface area contributed by atoms with E-state index in [1.165, 1.54) is 29.5 Å². The molecule has 104 valence electrons. The highest BCUT2D eigenvalue weighted by atomic mass is 32.1. The minimum atomic E-state index is -1.13. The van der Waals surface area contributed by atoms with Crippen LogP contribution in [0.5, 0.6) is 0 Å². The van der Waals surface area contributed by atoms with Gasteiger partial charge in [-0.15, -0.1) is 11.3 Å². The summed E-state index contributed by atoms with van der Waals surface area (Å²) in [4.78, 5) is 26.3. The van der Waals surface area contributed by atoms with Gasteiger partial charge in [-0.2, -0.15) is 0 Å². The van der Waals surface area contributed by atoms with E-state index in [0.717, 1.165) is 9.88 Å². The van der Waals surface area contributed by atoms with Crippen molar-refractivity contribution >= 4 is 28.7 Å². The molecule has 0 atom stereocenters. The lowest BCUT2D eigenvalue weighted by atomic mass is 10.1. The molecule has 8 heteroatoms.